The lowest BCUT2D eigenvalue weighted by molar-refractivity contribution is -0.139. The number of imide groups is 2. The smallest absolute Gasteiger partial charge is 0.417 e. The average molecular weight is 930 g/mol. The summed E-state index contributed by atoms with van der Waals surface area (Å²) in [5, 5.41) is 11.5. The van der Waals surface area contributed by atoms with E-state index in [1.807, 2.05) is 28.7 Å². The van der Waals surface area contributed by atoms with Crippen LogP contribution in [-0.2, 0) is 30.8 Å². The highest BCUT2D eigenvalue weighted by Crippen LogP contribution is 2.64. The number of alkyl halides is 3. The molecule has 3 heterocycles. The van der Waals surface area contributed by atoms with E-state index in [4.69, 9.17) is 27.9 Å². The van der Waals surface area contributed by atoms with Gasteiger partial charge < -0.3 is 9.84 Å². The molecule has 292 valence electrons. The Labute approximate surface area is 347 Å². The first-order valence-corrected chi connectivity index (χ1v) is 19.5. The molecule has 3 aromatic carbocycles. The lowest BCUT2D eigenvalue weighted by Crippen LogP contribution is -2.53. The lowest BCUT2D eigenvalue weighted by atomic mass is 9.49. The van der Waals surface area contributed by atoms with Gasteiger partial charge in [0.2, 0.25) is 11.8 Å². The van der Waals surface area contributed by atoms with Gasteiger partial charge >= 0.3 is 6.18 Å². The van der Waals surface area contributed by atoms with E-state index in [-0.39, 0.29) is 30.2 Å². The predicted molar refractivity (Wildman–Crippen MR) is 213 cm³/mol. The fraction of sp³-hybridized carbons (Fsp3) is 0.244. The molecule has 4 aliphatic rings. The molecule has 8 rings (SSSR count). The summed E-state index contributed by atoms with van der Waals surface area (Å²) in [5.41, 5.74) is 2.38. The number of amides is 4. The van der Waals surface area contributed by atoms with Crippen molar-refractivity contribution in [3.05, 3.63) is 127 Å². The molecule has 0 radical (unpaired) electrons. The van der Waals surface area contributed by atoms with Crippen LogP contribution < -0.4 is 15.1 Å². The van der Waals surface area contributed by atoms with E-state index in [0.717, 1.165) is 10.6 Å². The van der Waals surface area contributed by atoms with Gasteiger partial charge in [-0.1, -0.05) is 71.8 Å². The number of nitrogens with one attached hydrogen (secondary N) is 1. The van der Waals surface area contributed by atoms with Gasteiger partial charge in [-0.15, -0.1) is 0 Å². The monoisotopic (exact) mass is 928 g/mol. The maximum Gasteiger partial charge on any atom is 0.417 e. The molecule has 2 N–H and O–H groups in total. The van der Waals surface area contributed by atoms with Gasteiger partial charge in [-0.05, 0) is 101 Å². The molecule has 10 nitrogen and oxygen atoms in total. The van der Waals surface area contributed by atoms with Crippen molar-refractivity contribution in [2.45, 2.75) is 30.4 Å². The van der Waals surface area contributed by atoms with Gasteiger partial charge in [-0.3, -0.25) is 29.5 Å². The summed E-state index contributed by atoms with van der Waals surface area (Å²) in [6, 6.07) is 17.1. The second kappa shape index (κ2) is 14.2. The minimum absolute atomic E-state index is 0.0579. The number of hydrogen-bond acceptors (Lipinski definition) is 8. The van der Waals surface area contributed by atoms with Crippen molar-refractivity contribution in [3.8, 4) is 11.5 Å². The molecule has 16 heteroatoms. The second-order valence-electron chi connectivity index (χ2n) is 14.3. The predicted octanol–water partition coefficient (Wildman–Crippen LogP) is 8.56. The van der Waals surface area contributed by atoms with Crippen LogP contribution >= 0.6 is 45.8 Å². The molecule has 1 saturated carbocycles. The summed E-state index contributed by atoms with van der Waals surface area (Å²) in [7, 11) is 1.37. The van der Waals surface area contributed by atoms with Gasteiger partial charge in [0.05, 0.1) is 50.1 Å². The van der Waals surface area contributed by atoms with Crippen LogP contribution in [0.3, 0.4) is 0 Å². The number of benzene rings is 3. The summed E-state index contributed by atoms with van der Waals surface area (Å²) in [6.07, 6.45) is -0.619. The number of anilines is 2. The number of pyridine rings is 1. The third kappa shape index (κ3) is 6.01. The number of fused-ring (bicyclic) bond motifs is 4. The molecule has 2 aliphatic heterocycles. The van der Waals surface area contributed by atoms with Gasteiger partial charge in [0.15, 0.2) is 17.3 Å². The second-order valence-corrected chi connectivity index (χ2v) is 16.3. The zero-order valence-corrected chi connectivity index (χ0v) is 33.4. The van der Waals surface area contributed by atoms with Crippen molar-refractivity contribution in [2.75, 3.05) is 17.4 Å². The Kier molecular flexibility index (Phi) is 9.67. The number of ether oxygens (including phenoxy) is 1. The van der Waals surface area contributed by atoms with Crippen molar-refractivity contribution in [1.29, 1.82) is 0 Å². The van der Waals surface area contributed by atoms with Gasteiger partial charge in [-0.25, -0.2) is 4.98 Å². The average Bonchev–Trinajstić information content (AvgIpc) is 3.57. The lowest BCUT2D eigenvalue weighted by Gasteiger charge is -2.50. The van der Waals surface area contributed by atoms with Crippen molar-refractivity contribution < 1.29 is 42.2 Å². The van der Waals surface area contributed by atoms with Crippen LogP contribution in [0.1, 0.15) is 41.0 Å². The van der Waals surface area contributed by atoms with Crippen LogP contribution in [0.2, 0.25) is 10.0 Å². The van der Waals surface area contributed by atoms with E-state index in [0.29, 0.717) is 43.2 Å². The summed E-state index contributed by atoms with van der Waals surface area (Å²) in [6.45, 7) is 3.77. The van der Waals surface area contributed by atoms with E-state index in [1.165, 1.54) is 12.0 Å². The number of aromatic nitrogens is 1. The summed E-state index contributed by atoms with van der Waals surface area (Å²) < 4.78 is 46.5. The number of phenols is 1. The number of hydrogen-bond donors (Lipinski definition) is 2. The first-order chi connectivity index (χ1) is 27.1. The third-order valence-corrected chi connectivity index (χ3v) is 12.9. The fourth-order valence-electron chi connectivity index (χ4n) is 9.09. The Balaban J connectivity index is 1.32. The molecular weight excluding hydrogens is 899 g/mol. The Morgan fingerprint density at radius 1 is 1.00 bits per heavy atom. The molecule has 0 unspecified atom stereocenters. The van der Waals surface area contributed by atoms with E-state index >= 15 is 4.79 Å². The maximum absolute atomic E-state index is 15.4. The van der Waals surface area contributed by atoms with Crippen LogP contribution in [0.4, 0.5) is 24.7 Å². The standard InChI is InChI=1S/C41H30Cl2F3IN4O6/c1-3-19-4-10-24(11-5-19)50-36(53)26-13-12-25-27(32(26)38(50)55)17-28-37(54)51(49-35-29(43)16-22(18-48-35)41(44,45)46)39(56)40(28,21-6-8-23(42)9-7-21)33(25)20-14-30(47)34(52)31(15-20)57-2/h3-12,14-16,18,26-28,32-33,52H,1,13,17H2,2H3,(H,48,49)/t26-,27+,28-,32-,33-,40+/m0/s1. The number of phenolic OH excluding ortho intramolecular Hbond substituents is 1. The number of rotatable bonds is 7. The molecule has 3 fully saturated rings. The maximum atomic E-state index is 15.4. The number of halogens is 6. The summed E-state index contributed by atoms with van der Waals surface area (Å²) in [4.78, 5) is 64.0. The normalized spacial score (nSPS) is 25.5. The van der Waals surface area contributed by atoms with Crippen LogP contribution in [-0.4, -0.2) is 45.8 Å². The molecule has 6 atom stereocenters. The van der Waals surface area contributed by atoms with E-state index < -0.39 is 75.4 Å². The molecule has 4 amide bonds. The number of carbonyl (C=O) groups excluding carboxylic acids is 4. The van der Waals surface area contributed by atoms with Crippen LogP contribution in [0.25, 0.3) is 6.08 Å². The number of nitrogens with zero attached hydrogens (tertiary/aromatic N) is 3. The summed E-state index contributed by atoms with van der Waals surface area (Å²) >= 11 is 14.6. The Morgan fingerprint density at radius 3 is 2.33 bits per heavy atom. The van der Waals surface area contributed by atoms with Crippen LogP contribution in [0, 0.1) is 27.2 Å². The van der Waals surface area contributed by atoms with Crippen molar-refractivity contribution >= 4 is 87.0 Å². The van der Waals surface area contributed by atoms with Crippen LogP contribution in [0.5, 0.6) is 11.5 Å². The third-order valence-electron chi connectivity index (χ3n) is 11.5. The van der Waals surface area contributed by atoms with Crippen LogP contribution in [0.15, 0.2) is 91.2 Å². The molecule has 4 aromatic rings. The minimum Gasteiger partial charge on any atom is -0.504 e. The number of allylic oxidation sites excluding steroid dienone is 2. The first-order valence-electron chi connectivity index (χ1n) is 17.6. The van der Waals surface area contributed by atoms with E-state index in [9.17, 15) is 32.7 Å². The molecular formula is C41H30Cl2F3IN4O6. The van der Waals surface area contributed by atoms with Gasteiger partial charge in [0, 0.05) is 17.1 Å². The van der Waals surface area contributed by atoms with E-state index in [2.05, 4.69) is 17.0 Å². The SMILES string of the molecule is C=Cc1ccc(N2C(=O)[C@H]3[C@H](CC=C4[C@H]3C[C@H]3C(=O)N(Nc5ncc(C(F)(F)F)cc5Cl)C(=O)[C@@]3(c3ccc(Cl)cc3)[C@H]4c3cc(I)c(O)c(OC)c3)C2=O)cc1. The quantitative estimate of drug-likeness (QED) is 0.107. The number of carbonyl (C=O) groups is 4. The highest BCUT2D eigenvalue weighted by atomic mass is 127. The summed E-state index contributed by atoms with van der Waals surface area (Å²) in [5.74, 6) is -7.42. The zero-order chi connectivity index (χ0) is 40.7. The van der Waals surface area contributed by atoms with Crippen molar-refractivity contribution in [2.24, 2.45) is 23.7 Å². The van der Waals surface area contributed by atoms with E-state index in [1.54, 1.807) is 66.7 Å². The van der Waals surface area contributed by atoms with Gasteiger partial charge in [-0.2, -0.15) is 18.2 Å². The van der Waals surface area contributed by atoms with Crippen molar-refractivity contribution in [1.82, 2.24) is 9.99 Å². The highest BCUT2D eigenvalue weighted by Gasteiger charge is 2.70. The van der Waals surface area contributed by atoms with Gasteiger partial charge in [0.1, 0.15) is 0 Å². The molecule has 57 heavy (non-hydrogen) atoms. The van der Waals surface area contributed by atoms with Gasteiger partial charge in [0.25, 0.3) is 11.8 Å². The Bertz CT molecular complexity index is 2430. The number of aromatic hydroxyl groups is 1. The molecule has 2 saturated heterocycles. The molecule has 0 spiro atoms. The Hall–Kier alpha value is -4.93. The minimum atomic E-state index is -4.76. The topological polar surface area (TPSA) is 129 Å². The number of methoxy groups -OCH3 is 1. The highest BCUT2D eigenvalue weighted by molar-refractivity contribution is 14.1. The number of hydrazine groups is 1. The molecule has 1 aromatic heterocycles. The largest absolute Gasteiger partial charge is 0.504 e. The molecule has 0 bridgehead atoms. The Morgan fingerprint density at radius 2 is 1.70 bits per heavy atom. The fourth-order valence-corrected chi connectivity index (χ4v) is 10.0. The zero-order valence-electron chi connectivity index (χ0n) is 29.7. The van der Waals surface area contributed by atoms with Crippen molar-refractivity contribution in [3.63, 3.8) is 0 Å². The molecule has 2 aliphatic carbocycles. The first kappa shape index (κ1) is 38.9.